The number of hydrogen-bond acceptors (Lipinski definition) is 4. The molecule has 0 radical (unpaired) electrons. The van der Waals surface area contributed by atoms with Crippen LogP contribution >= 0.6 is 0 Å². The molecule has 0 amide bonds. The number of nitrogens with two attached hydrogens (primary N) is 1. The molecule has 4 nitrogen and oxygen atoms in total. The molecule has 0 atom stereocenters. The molecule has 0 bridgehead atoms. The first-order chi connectivity index (χ1) is 9.72. The Kier molecular flexibility index (Phi) is 3.92. The molecule has 2 heterocycles. The molecule has 2 aliphatic rings. The standard InChI is InChI=1S/C16H23N3O/c17-13-1-3-14(4-2-13)18-9-5-15(6-10-18)19-11-7-16(20)8-12-19/h1-4,15H,5-12,17H2. The van der Waals surface area contributed by atoms with Crippen LogP contribution in [-0.2, 0) is 4.79 Å². The summed E-state index contributed by atoms with van der Waals surface area (Å²) < 4.78 is 0. The molecule has 2 N–H and O–H groups in total. The summed E-state index contributed by atoms with van der Waals surface area (Å²) in [5, 5.41) is 0. The van der Waals surface area contributed by atoms with E-state index >= 15 is 0 Å². The van der Waals surface area contributed by atoms with Gasteiger partial charge < -0.3 is 10.6 Å². The number of anilines is 2. The van der Waals surface area contributed by atoms with Crippen molar-refractivity contribution in [3.8, 4) is 0 Å². The second kappa shape index (κ2) is 5.83. The van der Waals surface area contributed by atoms with E-state index in [4.69, 9.17) is 5.73 Å². The predicted octanol–water partition coefficient (Wildman–Crippen LogP) is 1.90. The van der Waals surface area contributed by atoms with E-state index in [1.165, 1.54) is 18.5 Å². The maximum atomic E-state index is 11.3. The third-order valence-electron chi connectivity index (χ3n) is 4.59. The quantitative estimate of drug-likeness (QED) is 0.836. The summed E-state index contributed by atoms with van der Waals surface area (Å²) in [5.74, 6) is 0.431. The van der Waals surface area contributed by atoms with Gasteiger partial charge in [-0.25, -0.2) is 0 Å². The van der Waals surface area contributed by atoms with Crippen molar-refractivity contribution in [2.75, 3.05) is 36.8 Å². The lowest BCUT2D eigenvalue weighted by Crippen LogP contribution is -2.47. The second-order valence-electron chi connectivity index (χ2n) is 5.88. The molecular weight excluding hydrogens is 250 g/mol. The summed E-state index contributed by atoms with van der Waals surface area (Å²) in [5.41, 5.74) is 7.83. The number of hydrogen-bond donors (Lipinski definition) is 1. The SMILES string of the molecule is Nc1ccc(N2CCC(N3CCC(=O)CC3)CC2)cc1. The number of Topliss-reactive ketones (excluding diaryl/α,β-unsaturated/α-hetero) is 1. The van der Waals surface area contributed by atoms with Crippen molar-refractivity contribution in [1.82, 2.24) is 4.90 Å². The smallest absolute Gasteiger partial charge is 0.135 e. The van der Waals surface area contributed by atoms with Crippen LogP contribution in [0.25, 0.3) is 0 Å². The second-order valence-corrected chi connectivity index (χ2v) is 5.88. The zero-order valence-corrected chi connectivity index (χ0v) is 11.9. The van der Waals surface area contributed by atoms with Gasteiger partial charge in [-0.05, 0) is 37.1 Å². The van der Waals surface area contributed by atoms with Gasteiger partial charge in [0.05, 0.1) is 0 Å². The zero-order valence-electron chi connectivity index (χ0n) is 11.9. The van der Waals surface area contributed by atoms with E-state index in [1.54, 1.807) is 0 Å². The van der Waals surface area contributed by atoms with Crippen molar-refractivity contribution >= 4 is 17.2 Å². The molecule has 108 valence electrons. The fourth-order valence-electron chi connectivity index (χ4n) is 3.31. The largest absolute Gasteiger partial charge is 0.399 e. The predicted molar refractivity (Wildman–Crippen MR) is 81.9 cm³/mol. The molecular formula is C16H23N3O. The van der Waals surface area contributed by atoms with Crippen LogP contribution in [0, 0.1) is 0 Å². The van der Waals surface area contributed by atoms with Crippen molar-refractivity contribution in [2.45, 2.75) is 31.7 Å². The normalized spacial score (nSPS) is 22.2. The Hall–Kier alpha value is -1.55. The third-order valence-corrected chi connectivity index (χ3v) is 4.59. The van der Waals surface area contributed by atoms with Gasteiger partial charge in [0.1, 0.15) is 5.78 Å². The van der Waals surface area contributed by atoms with E-state index in [1.807, 2.05) is 12.1 Å². The maximum absolute atomic E-state index is 11.3. The molecule has 2 aliphatic heterocycles. The highest BCUT2D eigenvalue weighted by Crippen LogP contribution is 2.24. The number of carbonyl (C=O) groups excluding carboxylic acids is 1. The number of likely N-dealkylation sites (tertiary alicyclic amines) is 1. The first-order valence-electron chi connectivity index (χ1n) is 7.58. The Balaban J connectivity index is 1.54. The van der Waals surface area contributed by atoms with Crippen LogP contribution in [0.1, 0.15) is 25.7 Å². The number of ketones is 1. The monoisotopic (exact) mass is 273 g/mol. The number of carbonyl (C=O) groups is 1. The van der Waals surface area contributed by atoms with Gasteiger partial charge in [0.2, 0.25) is 0 Å². The van der Waals surface area contributed by atoms with E-state index in [0.29, 0.717) is 11.8 Å². The molecule has 4 heteroatoms. The lowest BCUT2D eigenvalue weighted by Gasteiger charge is -2.40. The summed E-state index contributed by atoms with van der Waals surface area (Å²) >= 11 is 0. The van der Waals surface area contributed by atoms with Gasteiger partial charge in [0.25, 0.3) is 0 Å². The first kappa shape index (κ1) is 13.4. The highest BCUT2D eigenvalue weighted by Gasteiger charge is 2.27. The topological polar surface area (TPSA) is 49.6 Å². The van der Waals surface area contributed by atoms with Crippen LogP contribution in [0.5, 0.6) is 0 Å². The van der Waals surface area contributed by atoms with E-state index in [-0.39, 0.29) is 0 Å². The number of nitrogen functional groups attached to an aromatic ring is 1. The van der Waals surface area contributed by atoms with E-state index in [0.717, 1.165) is 44.7 Å². The van der Waals surface area contributed by atoms with Crippen molar-refractivity contribution in [3.05, 3.63) is 24.3 Å². The Labute approximate surface area is 120 Å². The van der Waals surface area contributed by atoms with E-state index < -0.39 is 0 Å². The highest BCUT2D eigenvalue weighted by molar-refractivity contribution is 5.79. The molecule has 20 heavy (non-hydrogen) atoms. The lowest BCUT2D eigenvalue weighted by molar-refractivity contribution is -0.122. The van der Waals surface area contributed by atoms with Crippen LogP contribution in [0.2, 0.25) is 0 Å². The molecule has 3 rings (SSSR count). The minimum absolute atomic E-state index is 0.431. The lowest BCUT2D eigenvalue weighted by atomic mass is 9.99. The molecule has 0 unspecified atom stereocenters. The van der Waals surface area contributed by atoms with Crippen molar-refractivity contribution in [3.63, 3.8) is 0 Å². The molecule has 0 saturated carbocycles. The number of piperidine rings is 2. The van der Waals surface area contributed by atoms with Crippen LogP contribution in [0.3, 0.4) is 0 Å². The number of benzene rings is 1. The van der Waals surface area contributed by atoms with Crippen molar-refractivity contribution in [1.29, 1.82) is 0 Å². The van der Waals surface area contributed by atoms with Crippen LogP contribution < -0.4 is 10.6 Å². The Morgan fingerprint density at radius 1 is 0.950 bits per heavy atom. The Bertz CT molecular complexity index is 453. The summed E-state index contributed by atoms with van der Waals surface area (Å²) in [6.07, 6.45) is 3.88. The molecule has 2 saturated heterocycles. The highest BCUT2D eigenvalue weighted by atomic mass is 16.1. The van der Waals surface area contributed by atoms with Crippen LogP contribution in [0.4, 0.5) is 11.4 Å². The van der Waals surface area contributed by atoms with Gasteiger partial charge >= 0.3 is 0 Å². The van der Waals surface area contributed by atoms with E-state index in [2.05, 4.69) is 21.9 Å². The number of rotatable bonds is 2. The van der Waals surface area contributed by atoms with Crippen molar-refractivity contribution in [2.24, 2.45) is 0 Å². The van der Waals surface area contributed by atoms with Gasteiger partial charge in [-0.1, -0.05) is 0 Å². The molecule has 0 aliphatic carbocycles. The number of nitrogens with zero attached hydrogens (tertiary/aromatic N) is 2. The third kappa shape index (κ3) is 2.96. The van der Waals surface area contributed by atoms with Crippen molar-refractivity contribution < 1.29 is 4.79 Å². The summed E-state index contributed by atoms with van der Waals surface area (Å²) in [7, 11) is 0. The van der Waals surface area contributed by atoms with Gasteiger partial charge in [0, 0.05) is 56.4 Å². The van der Waals surface area contributed by atoms with Gasteiger partial charge in [-0.2, -0.15) is 0 Å². The molecule has 2 fully saturated rings. The van der Waals surface area contributed by atoms with Gasteiger partial charge in [-0.15, -0.1) is 0 Å². The summed E-state index contributed by atoms with van der Waals surface area (Å²) in [4.78, 5) is 16.3. The minimum Gasteiger partial charge on any atom is -0.399 e. The maximum Gasteiger partial charge on any atom is 0.135 e. The molecule has 1 aromatic rings. The fraction of sp³-hybridized carbons (Fsp3) is 0.562. The summed E-state index contributed by atoms with van der Waals surface area (Å²) in [6.45, 7) is 4.12. The fourth-order valence-corrected chi connectivity index (χ4v) is 3.31. The molecule has 1 aromatic carbocycles. The van der Waals surface area contributed by atoms with E-state index in [9.17, 15) is 4.79 Å². The zero-order chi connectivity index (χ0) is 13.9. The Morgan fingerprint density at radius 3 is 2.15 bits per heavy atom. The van der Waals surface area contributed by atoms with Gasteiger partial charge in [0.15, 0.2) is 0 Å². The average molecular weight is 273 g/mol. The van der Waals surface area contributed by atoms with Crippen LogP contribution in [0.15, 0.2) is 24.3 Å². The molecule has 0 spiro atoms. The van der Waals surface area contributed by atoms with Crippen LogP contribution in [-0.4, -0.2) is 42.9 Å². The average Bonchev–Trinajstić information content (AvgIpc) is 2.49. The first-order valence-corrected chi connectivity index (χ1v) is 7.58. The Morgan fingerprint density at radius 2 is 1.55 bits per heavy atom. The minimum atomic E-state index is 0.431. The van der Waals surface area contributed by atoms with Gasteiger partial charge in [-0.3, -0.25) is 9.69 Å². The summed E-state index contributed by atoms with van der Waals surface area (Å²) in [6, 6.07) is 8.81. The molecule has 0 aromatic heterocycles.